The van der Waals surface area contributed by atoms with Crippen LogP contribution in [0.15, 0.2) is 96.2 Å². The average Bonchev–Trinajstić information content (AvgIpc) is 3.57. The summed E-state index contributed by atoms with van der Waals surface area (Å²) in [5.74, 6) is -1.56. The average molecular weight is 709 g/mol. The molecule has 6 aromatic rings. The number of hydrogen-bond donors (Lipinski definition) is 1. The molecule has 5 heterocycles. The molecule has 13 heteroatoms. The molecule has 0 unspecified atom stereocenters. The van der Waals surface area contributed by atoms with Crippen molar-refractivity contribution in [2.75, 3.05) is 45.2 Å². The van der Waals surface area contributed by atoms with Gasteiger partial charge in [-0.2, -0.15) is 0 Å². The Balaban J connectivity index is 1.07. The number of carbonyl (C=O) groups is 1. The summed E-state index contributed by atoms with van der Waals surface area (Å²) in [6.45, 7) is 6.97. The lowest BCUT2D eigenvalue weighted by Crippen LogP contribution is -2.43. The lowest BCUT2D eigenvalue weighted by Gasteiger charge is -2.32. The van der Waals surface area contributed by atoms with Crippen molar-refractivity contribution in [2.24, 2.45) is 0 Å². The van der Waals surface area contributed by atoms with E-state index in [2.05, 4.69) is 33.2 Å². The van der Waals surface area contributed by atoms with E-state index in [1.54, 1.807) is 19.2 Å². The number of amides is 1. The number of rotatable bonds is 10. The van der Waals surface area contributed by atoms with Crippen molar-refractivity contribution in [3.63, 3.8) is 0 Å². The van der Waals surface area contributed by atoms with E-state index in [1.807, 2.05) is 18.3 Å². The maximum absolute atomic E-state index is 15.5. The van der Waals surface area contributed by atoms with Crippen molar-refractivity contribution in [3.8, 4) is 33.5 Å². The molecule has 0 spiro atoms. The third-order valence-corrected chi connectivity index (χ3v) is 9.71. The summed E-state index contributed by atoms with van der Waals surface area (Å²) >= 11 is 1.45. The molecule has 0 saturated carbocycles. The Morgan fingerprint density at radius 2 is 1.73 bits per heavy atom. The quantitative estimate of drug-likeness (QED) is 0.163. The van der Waals surface area contributed by atoms with Gasteiger partial charge in [0.1, 0.15) is 22.9 Å². The van der Waals surface area contributed by atoms with Gasteiger partial charge in [-0.25, -0.2) is 8.78 Å². The number of pyridine rings is 3. The van der Waals surface area contributed by atoms with Gasteiger partial charge < -0.3 is 19.7 Å². The number of likely N-dealkylation sites (N-methyl/N-ethyl adjacent to an activating group) is 1. The summed E-state index contributed by atoms with van der Waals surface area (Å²) in [5.41, 5.74) is 2.16. The van der Waals surface area contributed by atoms with Crippen molar-refractivity contribution in [2.45, 2.75) is 13.5 Å². The Hall–Kier alpha value is -5.50. The summed E-state index contributed by atoms with van der Waals surface area (Å²) < 4.78 is 42.5. The first kappa shape index (κ1) is 34.0. The highest BCUT2D eigenvalue weighted by atomic mass is 32.1. The number of piperazine rings is 1. The van der Waals surface area contributed by atoms with E-state index in [1.165, 1.54) is 64.6 Å². The van der Waals surface area contributed by atoms with Crippen molar-refractivity contribution >= 4 is 33.1 Å². The van der Waals surface area contributed by atoms with Crippen molar-refractivity contribution < 1.29 is 23.0 Å². The van der Waals surface area contributed by atoms with E-state index in [4.69, 9.17) is 14.5 Å². The molecule has 1 amide bonds. The number of aromatic nitrogens is 3. The van der Waals surface area contributed by atoms with Gasteiger partial charge in [0.25, 0.3) is 11.5 Å². The van der Waals surface area contributed by atoms with E-state index in [0.29, 0.717) is 17.0 Å². The lowest BCUT2D eigenvalue weighted by molar-refractivity contribution is 0.102. The van der Waals surface area contributed by atoms with Crippen LogP contribution in [-0.4, -0.2) is 70.1 Å². The largest absolute Gasteiger partial charge is 0.493 e. The first-order valence-corrected chi connectivity index (χ1v) is 17.3. The molecule has 260 valence electrons. The molecule has 4 aromatic heterocycles. The highest BCUT2D eigenvalue weighted by Crippen LogP contribution is 2.39. The first-order chi connectivity index (χ1) is 24.7. The molecule has 7 rings (SSSR count). The van der Waals surface area contributed by atoms with Gasteiger partial charge in [-0.1, -0.05) is 6.07 Å². The standard InChI is InChI=1S/C38H34F2N6O4S/c1-3-49-32-13-15-46(27-8-5-25(39)6-9-27)38(48)35(32)37(47)43-26-7-11-31(28(40)20-26)50-33-12-14-41-30-21-34(51-36(30)33)29-10-4-24(22-42-29)23-45-18-16-44(2)17-19-45/h4-15,20-22H,3,16-19,23H2,1-2H3,(H,43,47). The zero-order valence-electron chi connectivity index (χ0n) is 27.9. The number of ether oxygens (including phenoxy) is 2. The van der Waals surface area contributed by atoms with Crippen LogP contribution in [0, 0.1) is 11.6 Å². The monoisotopic (exact) mass is 708 g/mol. The SMILES string of the molecule is CCOc1ccn(-c2ccc(F)cc2)c(=O)c1C(=O)Nc1ccc(Oc2ccnc3cc(-c4ccc(CN5CCN(C)CC5)cn4)sc23)c(F)c1. The highest BCUT2D eigenvalue weighted by Gasteiger charge is 2.22. The van der Waals surface area contributed by atoms with Crippen LogP contribution < -0.4 is 20.3 Å². The van der Waals surface area contributed by atoms with E-state index < -0.39 is 23.1 Å². The zero-order valence-corrected chi connectivity index (χ0v) is 28.8. The third kappa shape index (κ3) is 7.50. The molecule has 0 aliphatic carbocycles. The van der Waals surface area contributed by atoms with E-state index in [9.17, 15) is 14.0 Å². The number of benzene rings is 2. The third-order valence-electron chi connectivity index (χ3n) is 8.55. The summed E-state index contributed by atoms with van der Waals surface area (Å²) in [5, 5.41) is 2.59. The van der Waals surface area contributed by atoms with Gasteiger partial charge in [-0.15, -0.1) is 11.3 Å². The molecular formula is C38H34F2N6O4S. The molecule has 1 saturated heterocycles. The second-order valence-corrected chi connectivity index (χ2v) is 13.2. The predicted molar refractivity (Wildman–Crippen MR) is 193 cm³/mol. The van der Waals surface area contributed by atoms with Gasteiger partial charge in [-0.3, -0.25) is 29.0 Å². The Morgan fingerprint density at radius 3 is 2.45 bits per heavy atom. The fraction of sp³-hybridized carbons (Fsp3) is 0.211. The lowest BCUT2D eigenvalue weighted by atomic mass is 10.2. The van der Waals surface area contributed by atoms with Crippen LogP contribution in [0.3, 0.4) is 0 Å². The van der Waals surface area contributed by atoms with Crippen LogP contribution in [0.2, 0.25) is 0 Å². The summed E-state index contributed by atoms with van der Waals surface area (Å²) in [6.07, 6.45) is 4.95. The van der Waals surface area contributed by atoms with Gasteiger partial charge in [0.2, 0.25) is 0 Å². The highest BCUT2D eigenvalue weighted by molar-refractivity contribution is 7.22. The van der Waals surface area contributed by atoms with Gasteiger partial charge in [0.05, 0.1) is 27.4 Å². The second kappa shape index (κ2) is 14.8. The molecule has 0 atom stereocenters. The number of carbonyl (C=O) groups excluding carboxylic acids is 1. The zero-order chi connectivity index (χ0) is 35.5. The van der Waals surface area contributed by atoms with E-state index >= 15 is 4.39 Å². The Kier molecular flexibility index (Phi) is 9.84. The molecular weight excluding hydrogens is 675 g/mol. The number of nitrogens with zero attached hydrogens (tertiary/aromatic N) is 5. The maximum atomic E-state index is 15.5. The Morgan fingerprint density at radius 1 is 0.922 bits per heavy atom. The molecule has 0 bridgehead atoms. The van der Waals surface area contributed by atoms with Crippen LogP contribution in [0.25, 0.3) is 26.5 Å². The molecule has 10 nitrogen and oxygen atoms in total. The molecule has 1 N–H and O–H groups in total. The van der Waals surface area contributed by atoms with Crippen LogP contribution >= 0.6 is 11.3 Å². The molecule has 2 aromatic carbocycles. The summed E-state index contributed by atoms with van der Waals surface area (Å²) in [4.78, 5) is 41.7. The molecule has 0 radical (unpaired) electrons. The summed E-state index contributed by atoms with van der Waals surface area (Å²) in [7, 11) is 2.14. The van der Waals surface area contributed by atoms with Gasteiger partial charge >= 0.3 is 0 Å². The Bertz CT molecular complexity index is 2250. The normalized spacial score (nSPS) is 13.7. The van der Waals surface area contributed by atoms with Gasteiger partial charge in [-0.05, 0) is 74.1 Å². The number of fused-ring (bicyclic) bond motifs is 1. The topological polar surface area (TPSA) is 102 Å². The van der Waals surface area contributed by atoms with Crippen LogP contribution in [0.5, 0.6) is 17.2 Å². The van der Waals surface area contributed by atoms with E-state index in [0.717, 1.165) is 59.6 Å². The fourth-order valence-electron chi connectivity index (χ4n) is 5.83. The van der Waals surface area contributed by atoms with Crippen LogP contribution in [-0.2, 0) is 6.54 Å². The number of thiophene rings is 1. The smallest absolute Gasteiger partial charge is 0.271 e. The molecule has 1 aliphatic heterocycles. The number of anilines is 1. The second-order valence-electron chi connectivity index (χ2n) is 12.1. The predicted octanol–water partition coefficient (Wildman–Crippen LogP) is 6.98. The number of nitrogens with one attached hydrogen (secondary N) is 1. The first-order valence-electron chi connectivity index (χ1n) is 16.4. The fourth-order valence-corrected chi connectivity index (χ4v) is 6.87. The minimum atomic E-state index is -0.795. The van der Waals surface area contributed by atoms with Gasteiger partial charge in [0.15, 0.2) is 11.6 Å². The molecule has 1 aliphatic rings. The van der Waals surface area contributed by atoms with Crippen molar-refractivity contribution in [3.05, 3.63) is 125 Å². The minimum absolute atomic E-state index is 0.0600. The molecule has 51 heavy (non-hydrogen) atoms. The maximum Gasteiger partial charge on any atom is 0.271 e. The van der Waals surface area contributed by atoms with Crippen LogP contribution in [0.1, 0.15) is 22.8 Å². The van der Waals surface area contributed by atoms with Crippen molar-refractivity contribution in [1.29, 1.82) is 0 Å². The Labute approximate surface area is 296 Å². The number of hydrogen-bond acceptors (Lipinski definition) is 9. The van der Waals surface area contributed by atoms with Crippen molar-refractivity contribution in [1.82, 2.24) is 24.3 Å². The summed E-state index contributed by atoms with van der Waals surface area (Å²) in [6, 6.07) is 18.4. The van der Waals surface area contributed by atoms with E-state index in [-0.39, 0.29) is 29.4 Å². The van der Waals surface area contributed by atoms with Crippen LogP contribution in [0.4, 0.5) is 14.5 Å². The molecule has 1 fully saturated rings. The number of halogens is 2. The van der Waals surface area contributed by atoms with Gasteiger partial charge in [0, 0.05) is 74.8 Å². The minimum Gasteiger partial charge on any atom is -0.493 e.